The van der Waals surface area contributed by atoms with Crippen LogP contribution >= 0.6 is 0 Å². The molecule has 0 N–H and O–H groups in total. The van der Waals surface area contributed by atoms with Gasteiger partial charge in [-0.2, -0.15) is 0 Å². The minimum atomic E-state index is -0.0581. The first-order chi connectivity index (χ1) is 21.1. The van der Waals surface area contributed by atoms with Crippen LogP contribution in [0.5, 0.6) is 0 Å². The zero-order valence-electron chi connectivity index (χ0n) is 24.5. The van der Waals surface area contributed by atoms with E-state index in [1.54, 1.807) is 0 Å². The molecule has 5 aromatic carbocycles. The zero-order chi connectivity index (χ0) is 28.7. The van der Waals surface area contributed by atoms with Crippen molar-refractivity contribution in [1.29, 1.82) is 0 Å². The van der Waals surface area contributed by atoms with Crippen molar-refractivity contribution in [2.24, 2.45) is 5.92 Å². The average molecular weight is 549 g/mol. The average Bonchev–Trinajstić information content (AvgIpc) is 3.29. The molecule has 2 unspecified atom stereocenters. The molecule has 0 radical (unpaired) electrons. The summed E-state index contributed by atoms with van der Waals surface area (Å²) < 4.78 is 0. The van der Waals surface area contributed by atoms with Crippen molar-refractivity contribution in [2.45, 2.75) is 25.2 Å². The van der Waals surface area contributed by atoms with Crippen molar-refractivity contribution in [3.63, 3.8) is 0 Å². The fraction of sp³-hybridized carbons (Fsp3) is 0.116. The van der Waals surface area contributed by atoms with Crippen LogP contribution < -0.4 is 0 Å². The van der Waals surface area contributed by atoms with Crippen molar-refractivity contribution < 1.29 is 0 Å². The summed E-state index contributed by atoms with van der Waals surface area (Å²) >= 11 is 0. The van der Waals surface area contributed by atoms with E-state index in [0.29, 0.717) is 11.8 Å². The van der Waals surface area contributed by atoms with Crippen LogP contribution in [0.2, 0.25) is 0 Å². The highest BCUT2D eigenvalue weighted by atomic mass is 14.4. The highest BCUT2D eigenvalue weighted by molar-refractivity contribution is 5.88. The molecule has 5 aromatic rings. The van der Waals surface area contributed by atoms with Gasteiger partial charge in [0.2, 0.25) is 0 Å². The van der Waals surface area contributed by atoms with Gasteiger partial charge < -0.3 is 0 Å². The first-order valence-electron chi connectivity index (χ1n) is 15.4. The van der Waals surface area contributed by atoms with E-state index in [9.17, 15) is 0 Å². The van der Waals surface area contributed by atoms with Crippen LogP contribution in [0, 0.1) is 5.92 Å². The lowest BCUT2D eigenvalue weighted by Crippen LogP contribution is -2.20. The molecular formula is C43H32. The third-order valence-electron chi connectivity index (χ3n) is 10.3. The standard InChI is InChI=1S/C43H32/c1-43(2)39-25-33(27-7-4-3-5-8-27)19-22-36(39)37-23-20-34(26-40(37)43)28-11-13-29(14-12-28)35-21-17-32-16-15-30-9-6-10-31-18-24-38(35)42(32)41(30)31/h3-26,30,41H,1-2H3. The van der Waals surface area contributed by atoms with Crippen LogP contribution in [0.4, 0.5) is 0 Å². The van der Waals surface area contributed by atoms with Gasteiger partial charge in [0.15, 0.2) is 0 Å². The van der Waals surface area contributed by atoms with Crippen LogP contribution in [0.1, 0.15) is 47.6 Å². The van der Waals surface area contributed by atoms with E-state index in [2.05, 4.69) is 160 Å². The van der Waals surface area contributed by atoms with Crippen molar-refractivity contribution in [1.82, 2.24) is 0 Å². The molecule has 0 fully saturated rings. The van der Waals surface area contributed by atoms with Gasteiger partial charge in [0.25, 0.3) is 0 Å². The molecule has 0 spiro atoms. The molecule has 0 saturated carbocycles. The van der Waals surface area contributed by atoms with Crippen LogP contribution in [0.15, 0.2) is 139 Å². The number of benzene rings is 5. The number of hydrogen-bond donors (Lipinski definition) is 0. The summed E-state index contributed by atoms with van der Waals surface area (Å²) in [4.78, 5) is 0. The maximum atomic E-state index is 2.43. The fourth-order valence-corrected chi connectivity index (χ4v) is 7.97. The quantitative estimate of drug-likeness (QED) is 0.210. The lowest BCUT2D eigenvalue weighted by atomic mass is 9.68. The first-order valence-corrected chi connectivity index (χ1v) is 15.4. The monoisotopic (exact) mass is 548 g/mol. The Morgan fingerprint density at radius 1 is 0.535 bits per heavy atom. The number of allylic oxidation sites excluding steroid dienone is 6. The van der Waals surface area contributed by atoms with Gasteiger partial charge in [0.1, 0.15) is 0 Å². The smallest absolute Gasteiger partial charge is 0.0199 e. The van der Waals surface area contributed by atoms with E-state index in [1.165, 1.54) is 77.9 Å². The molecule has 0 saturated heterocycles. The molecule has 0 heterocycles. The van der Waals surface area contributed by atoms with Gasteiger partial charge in [-0.3, -0.25) is 0 Å². The molecule has 0 nitrogen and oxygen atoms in total. The Morgan fingerprint density at radius 2 is 1.16 bits per heavy atom. The molecule has 4 aliphatic rings. The van der Waals surface area contributed by atoms with Gasteiger partial charge in [-0.1, -0.05) is 147 Å². The Kier molecular flexibility index (Phi) is 5.17. The second-order valence-corrected chi connectivity index (χ2v) is 12.9. The third-order valence-corrected chi connectivity index (χ3v) is 10.3. The molecule has 204 valence electrons. The number of rotatable bonds is 3. The Bertz CT molecular complexity index is 2080. The molecule has 9 rings (SSSR count). The van der Waals surface area contributed by atoms with Crippen LogP contribution in [-0.4, -0.2) is 0 Å². The van der Waals surface area contributed by atoms with Crippen molar-refractivity contribution in [3.8, 4) is 44.5 Å². The van der Waals surface area contributed by atoms with Crippen molar-refractivity contribution in [3.05, 3.63) is 167 Å². The van der Waals surface area contributed by atoms with Gasteiger partial charge in [-0.25, -0.2) is 0 Å². The summed E-state index contributed by atoms with van der Waals surface area (Å²) in [7, 11) is 0. The van der Waals surface area contributed by atoms with Gasteiger partial charge in [0, 0.05) is 17.3 Å². The molecule has 4 aliphatic carbocycles. The minimum Gasteiger partial charge on any atom is -0.0767 e. The predicted molar refractivity (Wildman–Crippen MR) is 182 cm³/mol. The summed E-state index contributed by atoms with van der Waals surface area (Å²) in [5.74, 6) is 0.890. The molecule has 0 aliphatic heterocycles. The minimum absolute atomic E-state index is 0.0581. The van der Waals surface area contributed by atoms with E-state index in [0.717, 1.165) is 0 Å². The molecular weight excluding hydrogens is 516 g/mol. The summed E-state index contributed by atoms with van der Waals surface area (Å²) in [6.45, 7) is 4.74. The number of fused-ring (bicyclic) bond motifs is 3. The predicted octanol–water partition coefficient (Wildman–Crippen LogP) is 11.2. The van der Waals surface area contributed by atoms with Crippen molar-refractivity contribution >= 4 is 12.2 Å². The normalized spacial score (nSPS) is 19.4. The molecule has 0 bridgehead atoms. The van der Waals surface area contributed by atoms with E-state index < -0.39 is 0 Å². The fourth-order valence-electron chi connectivity index (χ4n) is 7.97. The maximum Gasteiger partial charge on any atom is 0.0199 e. The van der Waals surface area contributed by atoms with E-state index in [4.69, 9.17) is 0 Å². The Hall–Kier alpha value is -4.94. The van der Waals surface area contributed by atoms with Crippen molar-refractivity contribution in [2.75, 3.05) is 0 Å². The SMILES string of the molecule is CC1(C)c2cc(-c3ccccc3)ccc2-c2ccc(-c3ccc(-c4ccc5c6c4C=CC4=CC=CC(C=C5)C46)cc3)cc21. The second-order valence-electron chi connectivity index (χ2n) is 12.9. The zero-order valence-corrected chi connectivity index (χ0v) is 24.5. The summed E-state index contributed by atoms with van der Waals surface area (Å²) in [5, 5.41) is 0. The molecule has 0 amide bonds. The van der Waals surface area contributed by atoms with E-state index in [1.807, 2.05) is 0 Å². The Morgan fingerprint density at radius 3 is 1.88 bits per heavy atom. The summed E-state index contributed by atoms with van der Waals surface area (Å²) in [6.07, 6.45) is 16.2. The molecule has 43 heavy (non-hydrogen) atoms. The van der Waals surface area contributed by atoms with Gasteiger partial charge in [-0.05, 0) is 90.0 Å². The maximum absolute atomic E-state index is 2.43. The lowest BCUT2D eigenvalue weighted by Gasteiger charge is -2.35. The van der Waals surface area contributed by atoms with E-state index >= 15 is 0 Å². The Labute approximate surface area is 254 Å². The lowest BCUT2D eigenvalue weighted by molar-refractivity contribution is 0.661. The Balaban J connectivity index is 1.07. The third kappa shape index (κ3) is 3.63. The van der Waals surface area contributed by atoms with Gasteiger partial charge in [-0.15, -0.1) is 0 Å². The molecule has 0 heteroatoms. The van der Waals surface area contributed by atoms with Crippen LogP contribution in [-0.2, 0) is 5.41 Å². The number of hydrogen-bond acceptors (Lipinski definition) is 0. The summed E-state index contributed by atoms with van der Waals surface area (Å²) in [6, 6.07) is 38.6. The van der Waals surface area contributed by atoms with E-state index in [-0.39, 0.29) is 5.41 Å². The van der Waals surface area contributed by atoms with Crippen LogP contribution in [0.25, 0.3) is 56.7 Å². The largest absolute Gasteiger partial charge is 0.0767 e. The van der Waals surface area contributed by atoms with Gasteiger partial charge >= 0.3 is 0 Å². The first kappa shape index (κ1) is 24.6. The summed E-state index contributed by atoms with van der Waals surface area (Å²) in [5.41, 5.74) is 18.8. The second kappa shape index (κ2) is 9.03. The van der Waals surface area contributed by atoms with Gasteiger partial charge in [0.05, 0.1) is 0 Å². The topological polar surface area (TPSA) is 0 Å². The molecule has 2 atom stereocenters. The van der Waals surface area contributed by atoms with Crippen LogP contribution in [0.3, 0.4) is 0 Å². The molecule has 0 aromatic heterocycles. The highest BCUT2D eigenvalue weighted by Gasteiger charge is 2.36. The highest BCUT2D eigenvalue weighted by Crippen LogP contribution is 2.51.